The van der Waals surface area contributed by atoms with Crippen molar-refractivity contribution in [1.82, 2.24) is 20.0 Å². The Morgan fingerprint density at radius 1 is 0.548 bits per heavy atom. The Bertz CT molecular complexity index is 2220. The first-order chi connectivity index (χ1) is 20.8. The first-order valence-electron chi connectivity index (χ1n) is 14.4. The summed E-state index contributed by atoms with van der Waals surface area (Å²) in [6, 6.07) is 41.7. The van der Waals surface area contributed by atoms with E-state index < -0.39 is 0 Å². The number of fused-ring (bicyclic) bond motifs is 6. The van der Waals surface area contributed by atoms with E-state index in [2.05, 4.69) is 166 Å². The van der Waals surface area contributed by atoms with E-state index in [1.807, 2.05) is 0 Å². The first-order valence-corrected chi connectivity index (χ1v) is 14.4. The summed E-state index contributed by atoms with van der Waals surface area (Å²) in [4.78, 5) is 0. The van der Waals surface area contributed by atoms with E-state index in [4.69, 9.17) is 0 Å². The maximum absolute atomic E-state index is 3.41. The average molecular weight is 543 g/mol. The molecule has 0 radical (unpaired) electrons. The maximum Gasteiger partial charge on any atom is 0.0562 e. The van der Waals surface area contributed by atoms with Crippen LogP contribution in [0.15, 0.2) is 145 Å². The molecule has 5 aromatic carbocycles. The molecular weight excluding hydrogens is 512 g/mol. The largest absolute Gasteiger partial charge is 0.321 e. The van der Waals surface area contributed by atoms with E-state index >= 15 is 0 Å². The Morgan fingerprint density at radius 2 is 1.19 bits per heavy atom. The summed E-state index contributed by atoms with van der Waals surface area (Å²) < 4.78 is 4.80. The second-order valence-electron chi connectivity index (χ2n) is 10.9. The molecule has 7 aromatic rings. The highest BCUT2D eigenvalue weighted by Crippen LogP contribution is 2.39. The van der Waals surface area contributed by atoms with Crippen molar-refractivity contribution >= 4 is 49.3 Å². The molecule has 0 spiro atoms. The smallest absolute Gasteiger partial charge is 0.0562 e. The molecule has 0 amide bonds. The summed E-state index contributed by atoms with van der Waals surface area (Å²) in [7, 11) is 0. The zero-order valence-corrected chi connectivity index (χ0v) is 23.4. The second-order valence-corrected chi connectivity index (χ2v) is 10.9. The Morgan fingerprint density at radius 3 is 1.93 bits per heavy atom. The predicted molar refractivity (Wildman–Crippen MR) is 177 cm³/mol. The fourth-order valence-corrected chi connectivity index (χ4v) is 6.31. The van der Waals surface area contributed by atoms with Crippen molar-refractivity contribution in [2.24, 2.45) is 0 Å². The normalized spacial score (nSPS) is 15.3. The van der Waals surface area contributed by atoms with Crippen LogP contribution in [0.1, 0.15) is 12.5 Å². The molecule has 0 saturated heterocycles. The van der Waals surface area contributed by atoms with Gasteiger partial charge >= 0.3 is 0 Å². The second kappa shape index (κ2) is 9.95. The van der Waals surface area contributed by atoms with Crippen molar-refractivity contribution in [3.63, 3.8) is 0 Å². The van der Waals surface area contributed by atoms with E-state index in [0.29, 0.717) is 0 Å². The molecule has 42 heavy (non-hydrogen) atoms. The van der Waals surface area contributed by atoms with Gasteiger partial charge in [-0.2, -0.15) is 0 Å². The minimum absolute atomic E-state index is 0.750. The predicted octanol–water partition coefficient (Wildman–Crippen LogP) is 8.83. The van der Waals surface area contributed by atoms with Crippen molar-refractivity contribution in [3.8, 4) is 11.4 Å². The fourth-order valence-electron chi connectivity index (χ4n) is 6.31. The summed E-state index contributed by atoms with van der Waals surface area (Å²) in [5.41, 5.74) is 17.2. The molecule has 202 valence electrons. The SMILES string of the molecule is CC1=C/C=C(/c2cccc(-n3c4ccccc4c4cc5c6ccccc6n(-c6ccccc6)c5cc43)c2)NNCC=C1. The number of rotatable bonds is 3. The molecule has 1 aliphatic rings. The molecule has 4 nitrogen and oxygen atoms in total. The van der Waals surface area contributed by atoms with Gasteiger partial charge in [-0.3, -0.25) is 0 Å². The van der Waals surface area contributed by atoms with Crippen molar-refractivity contribution in [2.75, 3.05) is 6.54 Å². The van der Waals surface area contributed by atoms with Gasteiger partial charge in [-0.25, -0.2) is 5.43 Å². The summed E-state index contributed by atoms with van der Waals surface area (Å²) in [5.74, 6) is 0. The molecule has 2 aromatic heterocycles. The summed E-state index contributed by atoms with van der Waals surface area (Å²) in [6.45, 7) is 2.88. The topological polar surface area (TPSA) is 33.9 Å². The standard InChI is InChI=1S/C38H30N4/c1-26-11-10-22-39-40-34(21-20-26)27-12-9-15-29(23-27)42-36-19-8-6-17-31(36)33-24-32-30-16-5-7-18-35(30)41(37(32)25-38(33)42)28-13-3-2-4-14-28/h2-21,23-25,39-40H,22H2,1H3/b11-10?,26-20?,34-21-. The van der Waals surface area contributed by atoms with Gasteiger partial charge in [-0.05, 0) is 61.5 Å². The zero-order valence-electron chi connectivity index (χ0n) is 23.4. The maximum atomic E-state index is 3.41. The highest BCUT2D eigenvalue weighted by Gasteiger charge is 2.18. The molecular formula is C38H30N4. The third-order valence-corrected chi connectivity index (χ3v) is 8.23. The van der Waals surface area contributed by atoms with Crippen LogP contribution in [0.4, 0.5) is 0 Å². The molecule has 8 rings (SSSR count). The minimum Gasteiger partial charge on any atom is -0.321 e. The van der Waals surface area contributed by atoms with Gasteiger partial charge in [0.1, 0.15) is 0 Å². The number of hydrogen-bond donors (Lipinski definition) is 2. The van der Waals surface area contributed by atoms with Crippen LogP contribution in [0.25, 0.3) is 60.7 Å². The molecule has 0 atom stereocenters. The van der Waals surface area contributed by atoms with Crippen LogP contribution in [-0.2, 0) is 0 Å². The monoisotopic (exact) mass is 542 g/mol. The minimum atomic E-state index is 0.750. The van der Waals surface area contributed by atoms with Crippen molar-refractivity contribution < 1.29 is 0 Å². The van der Waals surface area contributed by atoms with E-state index in [-0.39, 0.29) is 0 Å². The lowest BCUT2D eigenvalue weighted by atomic mass is 10.1. The quantitative estimate of drug-likeness (QED) is 0.234. The molecule has 0 bridgehead atoms. The molecule has 3 heterocycles. The first kappa shape index (κ1) is 24.5. The van der Waals surface area contributed by atoms with Gasteiger partial charge in [0, 0.05) is 45.0 Å². The lowest BCUT2D eigenvalue weighted by molar-refractivity contribution is 0.698. The summed E-state index contributed by atoms with van der Waals surface area (Å²) >= 11 is 0. The number of nitrogens with zero attached hydrogens (tertiary/aromatic N) is 2. The Balaban J connectivity index is 1.41. The molecule has 2 N–H and O–H groups in total. The van der Waals surface area contributed by atoms with E-state index in [0.717, 1.165) is 29.2 Å². The highest BCUT2D eigenvalue weighted by atomic mass is 15.4. The van der Waals surface area contributed by atoms with Gasteiger partial charge in [-0.15, -0.1) is 0 Å². The summed E-state index contributed by atoms with van der Waals surface area (Å²) in [5, 5.41) is 5.04. The highest BCUT2D eigenvalue weighted by molar-refractivity contribution is 6.19. The van der Waals surface area contributed by atoms with Gasteiger partial charge in [-0.1, -0.05) is 90.5 Å². The van der Waals surface area contributed by atoms with Crippen LogP contribution in [-0.4, -0.2) is 15.7 Å². The Kier molecular flexibility index (Phi) is 5.80. The molecule has 1 aliphatic heterocycles. The van der Waals surface area contributed by atoms with Crippen LogP contribution in [0, 0.1) is 0 Å². The van der Waals surface area contributed by atoms with Crippen molar-refractivity contribution in [2.45, 2.75) is 6.92 Å². The molecule has 0 aliphatic carbocycles. The molecule has 0 saturated carbocycles. The number of nitrogens with one attached hydrogen (secondary N) is 2. The molecule has 0 fully saturated rings. The van der Waals surface area contributed by atoms with Gasteiger partial charge in [0.15, 0.2) is 0 Å². The van der Waals surface area contributed by atoms with E-state index in [9.17, 15) is 0 Å². The van der Waals surface area contributed by atoms with Crippen LogP contribution < -0.4 is 10.9 Å². The number of aromatic nitrogens is 2. The van der Waals surface area contributed by atoms with Gasteiger partial charge in [0.2, 0.25) is 0 Å². The van der Waals surface area contributed by atoms with Gasteiger partial charge < -0.3 is 14.6 Å². The van der Waals surface area contributed by atoms with Crippen LogP contribution >= 0.6 is 0 Å². The summed E-state index contributed by atoms with van der Waals surface area (Å²) in [6.07, 6.45) is 8.56. The van der Waals surface area contributed by atoms with Crippen LogP contribution in [0.2, 0.25) is 0 Å². The number of benzene rings is 5. The zero-order chi connectivity index (χ0) is 28.0. The lowest BCUT2D eigenvalue weighted by Crippen LogP contribution is -2.30. The molecule has 0 unspecified atom stereocenters. The number of allylic oxidation sites excluding steroid dienone is 4. The van der Waals surface area contributed by atoms with Crippen molar-refractivity contribution in [3.05, 3.63) is 151 Å². The number of para-hydroxylation sites is 3. The average Bonchev–Trinajstić information content (AvgIpc) is 3.56. The lowest BCUT2D eigenvalue weighted by Gasteiger charge is -2.14. The van der Waals surface area contributed by atoms with Crippen LogP contribution in [0.3, 0.4) is 0 Å². The van der Waals surface area contributed by atoms with E-state index in [1.54, 1.807) is 0 Å². The van der Waals surface area contributed by atoms with Crippen molar-refractivity contribution in [1.29, 1.82) is 0 Å². The van der Waals surface area contributed by atoms with Gasteiger partial charge in [0.05, 0.1) is 27.8 Å². The molecule has 4 heteroatoms. The fraction of sp³-hybridized carbons (Fsp3) is 0.0526. The van der Waals surface area contributed by atoms with Gasteiger partial charge in [0.25, 0.3) is 0 Å². The Hall–Kier alpha value is -5.32. The van der Waals surface area contributed by atoms with Crippen LogP contribution in [0.5, 0.6) is 0 Å². The third kappa shape index (κ3) is 3.96. The Labute approximate surface area is 244 Å². The van der Waals surface area contributed by atoms with E-state index in [1.165, 1.54) is 49.2 Å². The third-order valence-electron chi connectivity index (χ3n) is 8.23. The number of hydrazine groups is 1. The number of hydrogen-bond acceptors (Lipinski definition) is 2.